The van der Waals surface area contributed by atoms with Gasteiger partial charge in [0.2, 0.25) is 0 Å². The highest BCUT2D eigenvalue weighted by atomic mass is 19.1. The Kier molecular flexibility index (Phi) is 3.39. The Labute approximate surface area is 122 Å². The Morgan fingerprint density at radius 2 is 2.00 bits per heavy atom. The Morgan fingerprint density at radius 3 is 2.71 bits per heavy atom. The summed E-state index contributed by atoms with van der Waals surface area (Å²) < 4.78 is 24.4. The van der Waals surface area contributed by atoms with Gasteiger partial charge in [-0.05, 0) is 36.8 Å². The number of ether oxygens (including phenoxy) is 1. The molecule has 0 amide bonds. The minimum absolute atomic E-state index is 0.307. The van der Waals surface area contributed by atoms with E-state index in [9.17, 15) is 4.39 Å². The SMILES string of the molecule is COc1ccc2c(C)c(C(N)c3cccc(F)c3)oc2c1. The van der Waals surface area contributed by atoms with Gasteiger partial charge in [0.05, 0.1) is 13.2 Å². The first-order valence-corrected chi connectivity index (χ1v) is 6.68. The first-order valence-electron chi connectivity index (χ1n) is 6.68. The number of fused-ring (bicyclic) bond motifs is 1. The second-order valence-corrected chi connectivity index (χ2v) is 4.99. The van der Waals surface area contributed by atoms with E-state index in [2.05, 4.69) is 0 Å². The molecular weight excluding hydrogens is 269 g/mol. The molecule has 0 fully saturated rings. The molecule has 0 aliphatic rings. The first-order chi connectivity index (χ1) is 10.1. The van der Waals surface area contributed by atoms with Gasteiger partial charge in [-0.1, -0.05) is 12.1 Å². The molecular formula is C17H16FNO2. The third kappa shape index (κ3) is 2.38. The molecule has 0 aliphatic carbocycles. The molecule has 3 rings (SSSR count). The lowest BCUT2D eigenvalue weighted by molar-refractivity contribution is 0.414. The minimum Gasteiger partial charge on any atom is -0.497 e. The van der Waals surface area contributed by atoms with Gasteiger partial charge in [-0.15, -0.1) is 0 Å². The molecule has 1 aromatic heterocycles. The van der Waals surface area contributed by atoms with Crippen molar-refractivity contribution in [3.63, 3.8) is 0 Å². The molecule has 108 valence electrons. The highest BCUT2D eigenvalue weighted by Crippen LogP contribution is 2.33. The summed E-state index contributed by atoms with van der Waals surface area (Å²) in [6.45, 7) is 1.95. The number of aryl methyl sites for hydroxylation is 1. The van der Waals surface area contributed by atoms with Gasteiger partial charge in [-0.25, -0.2) is 4.39 Å². The molecule has 3 aromatic rings. The van der Waals surface area contributed by atoms with Crippen LogP contribution >= 0.6 is 0 Å². The standard InChI is InChI=1S/C17H16FNO2/c1-10-14-7-6-13(20-2)9-15(14)21-17(10)16(19)11-4-3-5-12(18)8-11/h3-9,16H,19H2,1-2H3. The molecule has 0 radical (unpaired) electrons. The Hall–Kier alpha value is -2.33. The molecule has 0 aliphatic heterocycles. The molecule has 1 heterocycles. The van der Waals surface area contributed by atoms with Gasteiger partial charge in [-0.2, -0.15) is 0 Å². The van der Waals surface area contributed by atoms with Crippen LogP contribution in [0.3, 0.4) is 0 Å². The lowest BCUT2D eigenvalue weighted by Crippen LogP contribution is -2.12. The van der Waals surface area contributed by atoms with Crippen LogP contribution in [0.2, 0.25) is 0 Å². The summed E-state index contributed by atoms with van der Waals surface area (Å²) in [6, 6.07) is 11.4. The zero-order valence-electron chi connectivity index (χ0n) is 11.9. The van der Waals surface area contributed by atoms with Crippen LogP contribution in [-0.2, 0) is 0 Å². The van der Waals surface area contributed by atoms with Crippen molar-refractivity contribution in [2.24, 2.45) is 5.73 Å². The van der Waals surface area contributed by atoms with Crippen LogP contribution < -0.4 is 10.5 Å². The lowest BCUT2D eigenvalue weighted by atomic mass is 10.0. The smallest absolute Gasteiger partial charge is 0.138 e. The molecule has 1 atom stereocenters. The predicted molar refractivity (Wildman–Crippen MR) is 79.9 cm³/mol. The van der Waals surface area contributed by atoms with Crippen molar-refractivity contribution >= 4 is 11.0 Å². The van der Waals surface area contributed by atoms with Gasteiger partial charge < -0.3 is 14.9 Å². The number of methoxy groups -OCH3 is 1. The number of benzene rings is 2. The largest absolute Gasteiger partial charge is 0.497 e. The van der Waals surface area contributed by atoms with Gasteiger partial charge in [0, 0.05) is 17.0 Å². The highest BCUT2D eigenvalue weighted by molar-refractivity contribution is 5.83. The molecule has 4 heteroatoms. The summed E-state index contributed by atoms with van der Waals surface area (Å²) in [5.74, 6) is 1.06. The summed E-state index contributed by atoms with van der Waals surface area (Å²) in [5.41, 5.74) is 8.59. The second-order valence-electron chi connectivity index (χ2n) is 4.99. The quantitative estimate of drug-likeness (QED) is 0.793. The third-order valence-electron chi connectivity index (χ3n) is 3.67. The Balaban J connectivity index is 2.09. The van der Waals surface area contributed by atoms with Crippen molar-refractivity contribution in [1.29, 1.82) is 0 Å². The summed E-state index contributed by atoms with van der Waals surface area (Å²) >= 11 is 0. The molecule has 0 saturated carbocycles. The number of nitrogens with two attached hydrogens (primary N) is 1. The van der Waals surface area contributed by atoms with E-state index in [1.54, 1.807) is 19.2 Å². The fraction of sp³-hybridized carbons (Fsp3) is 0.176. The van der Waals surface area contributed by atoms with Crippen molar-refractivity contribution in [3.8, 4) is 5.75 Å². The predicted octanol–water partition coefficient (Wildman–Crippen LogP) is 3.94. The molecule has 1 unspecified atom stereocenters. The maximum absolute atomic E-state index is 13.3. The summed E-state index contributed by atoms with van der Waals surface area (Å²) in [5, 5.41) is 0.984. The number of hydrogen-bond acceptors (Lipinski definition) is 3. The van der Waals surface area contributed by atoms with Crippen LogP contribution in [0.4, 0.5) is 4.39 Å². The summed E-state index contributed by atoms with van der Waals surface area (Å²) in [7, 11) is 1.61. The van der Waals surface area contributed by atoms with E-state index in [1.807, 2.05) is 25.1 Å². The van der Waals surface area contributed by atoms with E-state index in [1.165, 1.54) is 12.1 Å². The summed E-state index contributed by atoms with van der Waals surface area (Å²) in [6.07, 6.45) is 0. The van der Waals surface area contributed by atoms with E-state index in [4.69, 9.17) is 14.9 Å². The van der Waals surface area contributed by atoms with E-state index in [0.717, 1.165) is 16.7 Å². The molecule has 21 heavy (non-hydrogen) atoms. The summed E-state index contributed by atoms with van der Waals surface area (Å²) in [4.78, 5) is 0. The average Bonchev–Trinajstić information content (AvgIpc) is 2.83. The molecule has 3 nitrogen and oxygen atoms in total. The average molecular weight is 285 g/mol. The normalized spacial score (nSPS) is 12.6. The van der Waals surface area contributed by atoms with Gasteiger partial charge in [-0.3, -0.25) is 0 Å². The van der Waals surface area contributed by atoms with E-state index in [-0.39, 0.29) is 5.82 Å². The van der Waals surface area contributed by atoms with Gasteiger partial charge >= 0.3 is 0 Å². The number of halogens is 1. The maximum atomic E-state index is 13.3. The van der Waals surface area contributed by atoms with Gasteiger partial charge in [0.1, 0.15) is 22.9 Å². The van der Waals surface area contributed by atoms with Crippen LogP contribution in [0.25, 0.3) is 11.0 Å². The van der Waals surface area contributed by atoms with Crippen LogP contribution in [0.15, 0.2) is 46.9 Å². The van der Waals surface area contributed by atoms with Gasteiger partial charge in [0.25, 0.3) is 0 Å². The number of rotatable bonds is 3. The molecule has 2 aromatic carbocycles. The lowest BCUT2D eigenvalue weighted by Gasteiger charge is -2.10. The zero-order valence-corrected chi connectivity index (χ0v) is 11.9. The van der Waals surface area contributed by atoms with E-state index >= 15 is 0 Å². The van der Waals surface area contributed by atoms with Crippen LogP contribution in [-0.4, -0.2) is 7.11 Å². The van der Waals surface area contributed by atoms with Crippen molar-refractivity contribution in [3.05, 3.63) is 65.2 Å². The minimum atomic E-state index is -0.501. The monoisotopic (exact) mass is 285 g/mol. The third-order valence-corrected chi connectivity index (χ3v) is 3.67. The zero-order chi connectivity index (χ0) is 15.0. The van der Waals surface area contributed by atoms with Crippen LogP contribution in [0.5, 0.6) is 5.75 Å². The molecule has 0 saturated heterocycles. The number of hydrogen-bond donors (Lipinski definition) is 1. The first kappa shape index (κ1) is 13.6. The van der Waals surface area contributed by atoms with Crippen molar-refractivity contribution in [2.75, 3.05) is 7.11 Å². The van der Waals surface area contributed by atoms with Crippen molar-refractivity contribution in [1.82, 2.24) is 0 Å². The second kappa shape index (κ2) is 5.22. The fourth-order valence-electron chi connectivity index (χ4n) is 2.50. The fourth-order valence-corrected chi connectivity index (χ4v) is 2.50. The van der Waals surface area contributed by atoms with Crippen LogP contribution in [0.1, 0.15) is 22.9 Å². The van der Waals surface area contributed by atoms with Crippen molar-refractivity contribution in [2.45, 2.75) is 13.0 Å². The maximum Gasteiger partial charge on any atom is 0.138 e. The molecule has 0 spiro atoms. The van der Waals surface area contributed by atoms with Crippen LogP contribution in [0, 0.1) is 12.7 Å². The van der Waals surface area contributed by atoms with Crippen molar-refractivity contribution < 1.29 is 13.5 Å². The highest BCUT2D eigenvalue weighted by Gasteiger charge is 2.19. The van der Waals surface area contributed by atoms with E-state index in [0.29, 0.717) is 16.9 Å². The Bertz CT molecular complexity index is 795. The molecule has 0 bridgehead atoms. The molecule has 2 N–H and O–H groups in total. The Morgan fingerprint density at radius 1 is 1.19 bits per heavy atom. The number of furan rings is 1. The van der Waals surface area contributed by atoms with Gasteiger partial charge in [0.15, 0.2) is 0 Å². The van der Waals surface area contributed by atoms with E-state index < -0.39 is 6.04 Å². The topological polar surface area (TPSA) is 48.4 Å².